The molecule has 0 saturated carbocycles. The molecular formula is C19H19BrClNO6S. The average molecular weight is 505 g/mol. The van der Waals surface area contributed by atoms with Crippen LogP contribution in [0.3, 0.4) is 0 Å². The first-order valence-corrected chi connectivity index (χ1v) is 11.4. The van der Waals surface area contributed by atoms with Crippen molar-refractivity contribution in [3.8, 4) is 17.2 Å². The van der Waals surface area contributed by atoms with Crippen LogP contribution in [0.5, 0.6) is 17.2 Å². The quantitative estimate of drug-likeness (QED) is 0.476. The molecule has 0 fully saturated rings. The second-order valence-electron chi connectivity index (χ2n) is 6.64. The molecular weight excluding hydrogens is 486 g/mol. The maximum atomic E-state index is 12.9. The van der Waals surface area contributed by atoms with Gasteiger partial charge >= 0.3 is 5.97 Å². The number of carbonyl (C=O) groups is 1. The number of halogens is 2. The van der Waals surface area contributed by atoms with Crippen molar-refractivity contribution in [2.24, 2.45) is 5.92 Å². The number of rotatable bonds is 6. The zero-order valence-corrected chi connectivity index (χ0v) is 18.8. The summed E-state index contributed by atoms with van der Waals surface area (Å²) in [5.74, 6) is -0.178. The number of esters is 1. The molecule has 1 N–H and O–H groups in total. The average Bonchev–Trinajstić information content (AvgIpc) is 2.67. The Hall–Kier alpha value is -1.81. The molecule has 0 aromatic heterocycles. The Labute approximate surface area is 182 Å². The number of sulfonamides is 1. The van der Waals surface area contributed by atoms with Crippen molar-refractivity contribution in [2.75, 3.05) is 13.2 Å². The highest BCUT2D eigenvalue weighted by molar-refractivity contribution is 9.10. The van der Waals surface area contributed by atoms with Gasteiger partial charge in [-0.2, -0.15) is 4.72 Å². The van der Waals surface area contributed by atoms with Crippen LogP contribution in [-0.4, -0.2) is 33.6 Å². The standard InChI is InChI=1S/C19H19BrClNO6S/c1-11(2)18(19(23)28-15-5-3-12(20)9-14(15)21)22-29(24,25)13-4-6-16-17(10-13)27-8-7-26-16/h3-6,9-11,18,22H,7-8H2,1-2H3/t18-/m1/s1. The van der Waals surface area contributed by atoms with Gasteiger partial charge in [0.1, 0.15) is 25.0 Å². The van der Waals surface area contributed by atoms with Gasteiger partial charge in [0.15, 0.2) is 11.5 Å². The maximum Gasteiger partial charge on any atom is 0.329 e. The zero-order valence-electron chi connectivity index (χ0n) is 15.6. The fraction of sp³-hybridized carbons (Fsp3) is 0.316. The summed E-state index contributed by atoms with van der Waals surface area (Å²) in [4.78, 5) is 12.6. The maximum absolute atomic E-state index is 12.9. The van der Waals surface area contributed by atoms with E-state index in [0.29, 0.717) is 24.7 Å². The van der Waals surface area contributed by atoms with Gasteiger partial charge in [-0.15, -0.1) is 0 Å². The molecule has 0 aliphatic carbocycles. The van der Waals surface area contributed by atoms with Gasteiger partial charge < -0.3 is 14.2 Å². The largest absolute Gasteiger partial charge is 0.486 e. The third kappa shape index (κ3) is 5.22. The minimum absolute atomic E-state index is 0.0399. The topological polar surface area (TPSA) is 90.9 Å². The highest BCUT2D eigenvalue weighted by Crippen LogP contribution is 2.32. The first-order valence-electron chi connectivity index (χ1n) is 8.76. The second kappa shape index (κ2) is 8.91. The number of hydrogen-bond acceptors (Lipinski definition) is 6. The van der Waals surface area contributed by atoms with E-state index in [1.54, 1.807) is 26.0 Å². The fourth-order valence-electron chi connectivity index (χ4n) is 2.61. The van der Waals surface area contributed by atoms with Crippen LogP contribution in [0.1, 0.15) is 13.8 Å². The van der Waals surface area contributed by atoms with Crippen LogP contribution in [0.15, 0.2) is 45.8 Å². The molecule has 7 nitrogen and oxygen atoms in total. The lowest BCUT2D eigenvalue weighted by Gasteiger charge is -2.22. The Bertz CT molecular complexity index is 1030. The molecule has 1 aliphatic rings. The second-order valence-corrected chi connectivity index (χ2v) is 9.68. The van der Waals surface area contributed by atoms with Crippen molar-refractivity contribution >= 4 is 43.5 Å². The fourth-order valence-corrected chi connectivity index (χ4v) is 4.67. The van der Waals surface area contributed by atoms with Crippen molar-refractivity contribution in [1.82, 2.24) is 4.72 Å². The smallest absolute Gasteiger partial charge is 0.329 e. The van der Waals surface area contributed by atoms with E-state index in [9.17, 15) is 13.2 Å². The van der Waals surface area contributed by atoms with Gasteiger partial charge in [-0.05, 0) is 36.2 Å². The van der Waals surface area contributed by atoms with Gasteiger partial charge in [-0.1, -0.05) is 41.4 Å². The Kier molecular flexibility index (Phi) is 6.72. The lowest BCUT2D eigenvalue weighted by Crippen LogP contribution is -2.46. The van der Waals surface area contributed by atoms with E-state index >= 15 is 0 Å². The first kappa shape index (κ1) is 21.9. The van der Waals surface area contributed by atoms with Crippen LogP contribution in [0.2, 0.25) is 5.02 Å². The number of ether oxygens (including phenoxy) is 3. The molecule has 0 unspecified atom stereocenters. The van der Waals surface area contributed by atoms with Crippen LogP contribution in [0.4, 0.5) is 0 Å². The monoisotopic (exact) mass is 503 g/mol. The van der Waals surface area contributed by atoms with Crippen LogP contribution >= 0.6 is 27.5 Å². The summed E-state index contributed by atoms with van der Waals surface area (Å²) < 4.78 is 45.0. The number of carbonyl (C=O) groups excluding carboxylic acids is 1. The normalized spacial score (nSPS) is 14.5. The lowest BCUT2D eigenvalue weighted by molar-refractivity contribution is -0.137. The minimum Gasteiger partial charge on any atom is -0.486 e. The van der Waals surface area contributed by atoms with Gasteiger partial charge in [0.25, 0.3) is 0 Å². The van der Waals surface area contributed by atoms with Crippen molar-refractivity contribution < 1.29 is 27.4 Å². The highest BCUT2D eigenvalue weighted by atomic mass is 79.9. The molecule has 156 valence electrons. The Morgan fingerprint density at radius 3 is 2.48 bits per heavy atom. The summed E-state index contributed by atoms with van der Waals surface area (Å²) in [7, 11) is -4.02. The number of hydrogen-bond donors (Lipinski definition) is 1. The summed E-state index contributed by atoms with van der Waals surface area (Å²) in [5, 5.41) is 0.227. The Balaban J connectivity index is 1.81. The summed E-state index contributed by atoms with van der Waals surface area (Å²) in [5.41, 5.74) is 0. The predicted octanol–water partition coefficient (Wildman–Crippen LogP) is 3.78. The van der Waals surface area contributed by atoms with Crippen LogP contribution in [0.25, 0.3) is 0 Å². The highest BCUT2D eigenvalue weighted by Gasteiger charge is 2.31. The SMILES string of the molecule is CC(C)[C@@H](NS(=O)(=O)c1ccc2c(c1)OCCO2)C(=O)Oc1ccc(Br)cc1Cl. The molecule has 1 aliphatic heterocycles. The molecule has 10 heteroatoms. The molecule has 29 heavy (non-hydrogen) atoms. The summed E-state index contributed by atoms with van der Waals surface area (Å²) in [6.07, 6.45) is 0. The van der Waals surface area contributed by atoms with Gasteiger partial charge in [0.2, 0.25) is 10.0 Å². The summed E-state index contributed by atoms with van der Waals surface area (Å²) in [6.45, 7) is 4.15. The Morgan fingerprint density at radius 2 is 1.83 bits per heavy atom. The molecule has 3 rings (SSSR count). The van der Waals surface area contributed by atoms with Crippen LogP contribution < -0.4 is 18.9 Å². The predicted molar refractivity (Wildman–Crippen MR) is 111 cm³/mol. The summed E-state index contributed by atoms with van der Waals surface area (Å²) in [6, 6.07) is 7.93. The molecule has 2 aromatic rings. The van der Waals surface area contributed by atoms with Crippen LogP contribution in [0, 0.1) is 5.92 Å². The molecule has 2 aromatic carbocycles. The van der Waals surface area contributed by atoms with E-state index in [2.05, 4.69) is 20.7 Å². The van der Waals surface area contributed by atoms with Gasteiger partial charge in [0, 0.05) is 10.5 Å². The molecule has 0 amide bonds. The van der Waals surface area contributed by atoms with Gasteiger partial charge in [-0.25, -0.2) is 13.2 Å². The van der Waals surface area contributed by atoms with Crippen molar-refractivity contribution in [2.45, 2.75) is 24.8 Å². The molecule has 0 bridgehead atoms. The van der Waals surface area contributed by atoms with E-state index in [1.165, 1.54) is 24.3 Å². The van der Waals surface area contributed by atoms with Gasteiger partial charge in [-0.3, -0.25) is 0 Å². The van der Waals surface area contributed by atoms with E-state index < -0.39 is 22.0 Å². The molecule has 0 spiro atoms. The lowest BCUT2D eigenvalue weighted by atomic mass is 10.1. The minimum atomic E-state index is -4.02. The van der Waals surface area contributed by atoms with E-state index in [-0.39, 0.29) is 21.6 Å². The number of benzene rings is 2. The van der Waals surface area contributed by atoms with Crippen molar-refractivity contribution in [3.05, 3.63) is 45.9 Å². The van der Waals surface area contributed by atoms with Crippen molar-refractivity contribution in [1.29, 1.82) is 0 Å². The molecule has 0 radical (unpaired) electrons. The Morgan fingerprint density at radius 1 is 1.14 bits per heavy atom. The number of nitrogens with one attached hydrogen (secondary N) is 1. The summed E-state index contributed by atoms with van der Waals surface area (Å²) >= 11 is 9.35. The molecule has 0 saturated heterocycles. The van der Waals surface area contributed by atoms with E-state index in [1.807, 2.05) is 0 Å². The zero-order chi connectivity index (χ0) is 21.2. The first-order chi connectivity index (χ1) is 13.7. The van der Waals surface area contributed by atoms with Gasteiger partial charge in [0.05, 0.1) is 9.92 Å². The number of fused-ring (bicyclic) bond motifs is 1. The van der Waals surface area contributed by atoms with Crippen LogP contribution in [-0.2, 0) is 14.8 Å². The van der Waals surface area contributed by atoms with E-state index in [0.717, 1.165) is 4.47 Å². The third-order valence-electron chi connectivity index (χ3n) is 4.13. The molecule has 1 heterocycles. The molecule has 1 atom stereocenters. The third-order valence-corrected chi connectivity index (χ3v) is 6.36. The van der Waals surface area contributed by atoms with Crippen molar-refractivity contribution in [3.63, 3.8) is 0 Å². The van der Waals surface area contributed by atoms with E-state index in [4.69, 9.17) is 25.8 Å².